The number of nitrogens with two attached hydrogens (primary N) is 1. The molecule has 0 radical (unpaired) electrons. The number of benzene rings is 1. The summed E-state index contributed by atoms with van der Waals surface area (Å²) in [6.45, 7) is 6.59. The predicted octanol–water partition coefficient (Wildman–Crippen LogP) is 3.30. The maximum Gasteiger partial charge on any atom is 0.245 e. The number of carbonyl (C=O) groups excluding carboxylic acids is 1. The first-order valence-corrected chi connectivity index (χ1v) is 8.43. The second-order valence-electron chi connectivity index (χ2n) is 6.02. The van der Waals surface area contributed by atoms with Crippen LogP contribution in [0.25, 0.3) is 0 Å². The van der Waals surface area contributed by atoms with Crippen molar-refractivity contribution >= 4 is 35.8 Å². The molecule has 1 saturated carbocycles. The van der Waals surface area contributed by atoms with Crippen molar-refractivity contribution in [1.29, 1.82) is 0 Å². The minimum Gasteiger partial charge on any atom is -0.378 e. The van der Waals surface area contributed by atoms with Crippen LogP contribution >= 0.6 is 24.2 Å². The average Bonchev–Trinajstić information content (AvgIpc) is 2.47. The van der Waals surface area contributed by atoms with Crippen molar-refractivity contribution in [2.45, 2.75) is 43.7 Å². The predicted molar refractivity (Wildman–Crippen MR) is 94.8 cm³/mol. The summed E-state index contributed by atoms with van der Waals surface area (Å²) in [5.74, 6) is -0.139. The van der Waals surface area contributed by atoms with Crippen LogP contribution in [0.15, 0.2) is 29.2 Å². The van der Waals surface area contributed by atoms with E-state index < -0.39 is 5.54 Å². The number of nitrogens with one attached hydrogen (secondary N) is 1. The zero-order valence-electron chi connectivity index (χ0n) is 13.5. The zero-order valence-corrected chi connectivity index (χ0v) is 15.1. The first-order valence-electron chi connectivity index (χ1n) is 7.21. The molecule has 2 unspecified atom stereocenters. The van der Waals surface area contributed by atoms with Gasteiger partial charge in [-0.3, -0.25) is 4.79 Å². The Labute approximate surface area is 143 Å². The lowest BCUT2D eigenvalue weighted by Gasteiger charge is -2.57. The Morgan fingerprint density at radius 1 is 1.41 bits per heavy atom. The third-order valence-electron chi connectivity index (χ3n) is 4.58. The van der Waals surface area contributed by atoms with E-state index in [4.69, 9.17) is 10.5 Å². The molecule has 0 aromatic heterocycles. The van der Waals surface area contributed by atoms with E-state index in [0.717, 1.165) is 10.6 Å². The van der Waals surface area contributed by atoms with Gasteiger partial charge in [-0.25, -0.2) is 0 Å². The van der Waals surface area contributed by atoms with Crippen molar-refractivity contribution in [3.63, 3.8) is 0 Å². The van der Waals surface area contributed by atoms with Crippen LogP contribution in [0.1, 0.15) is 27.2 Å². The van der Waals surface area contributed by atoms with E-state index in [1.807, 2.05) is 51.3 Å². The molecule has 3 N–H and O–H groups in total. The smallest absolute Gasteiger partial charge is 0.245 e. The molecule has 0 aliphatic heterocycles. The van der Waals surface area contributed by atoms with Crippen LogP contribution in [-0.2, 0) is 9.53 Å². The molecule has 2 rings (SSSR count). The highest BCUT2D eigenvalue weighted by Crippen LogP contribution is 2.50. The molecule has 0 spiro atoms. The van der Waals surface area contributed by atoms with E-state index in [9.17, 15) is 4.79 Å². The second-order valence-corrected chi connectivity index (χ2v) is 6.90. The first-order chi connectivity index (χ1) is 9.85. The molecule has 0 saturated heterocycles. The van der Waals surface area contributed by atoms with Gasteiger partial charge in [0.25, 0.3) is 0 Å². The fraction of sp³-hybridized carbons (Fsp3) is 0.562. The number of halogens is 1. The fourth-order valence-corrected chi connectivity index (χ4v) is 3.15. The van der Waals surface area contributed by atoms with Gasteiger partial charge in [0, 0.05) is 29.0 Å². The number of thioether (sulfide) groups is 1. The van der Waals surface area contributed by atoms with Crippen molar-refractivity contribution in [2.24, 2.45) is 11.1 Å². The molecular formula is C16H25ClN2O2S. The summed E-state index contributed by atoms with van der Waals surface area (Å²) < 4.78 is 5.66. The van der Waals surface area contributed by atoms with Gasteiger partial charge < -0.3 is 15.8 Å². The molecule has 1 aromatic carbocycles. The van der Waals surface area contributed by atoms with Crippen LogP contribution in [0.3, 0.4) is 0 Å². The minimum absolute atomic E-state index is 0. The first kappa shape index (κ1) is 19.3. The molecule has 1 amide bonds. The zero-order chi connectivity index (χ0) is 15.7. The Kier molecular flexibility index (Phi) is 6.33. The van der Waals surface area contributed by atoms with E-state index in [-0.39, 0.29) is 29.8 Å². The number of ether oxygens (including phenoxy) is 1. The highest BCUT2D eigenvalue weighted by Gasteiger charge is 2.62. The van der Waals surface area contributed by atoms with E-state index in [1.165, 1.54) is 0 Å². The molecule has 4 nitrogen and oxygen atoms in total. The van der Waals surface area contributed by atoms with Gasteiger partial charge >= 0.3 is 0 Å². The van der Waals surface area contributed by atoms with Gasteiger partial charge in [-0.15, -0.1) is 24.2 Å². The average molecular weight is 345 g/mol. The minimum atomic E-state index is -0.884. The Balaban J connectivity index is 0.00000242. The Bertz CT molecular complexity index is 521. The van der Waals surface area contributed by atoms with Gasteiger partial charge in [0.05, 0.1) is 6.10 Å². The Morgan fingerprint density at radius 2 is 2.00 bits per heavy atom. The van der Waals surface area contributed by atoms with Crippen molar-refractivity contribution in [2.75, 3.05) is 18.2 Å². The number of rotatable bonds is 5. The second kappa shape index (κ2) is 7.21. The summed E-state index contributed by atoms with van der Waals surface area (Å²) in [6.07, 6.45) is 2.62. The van der Waals surface area contributed by atoms with E-state index >= 15 is 0 Å². The van der Waals surface area contributed by atoms with Crippen molar-refractivity contribution < 1.29 is 9.53 Å². The van der Waals surface area contributed by atoms with Crippen molar-refractivity contribution in [3.05, 3.63) is 24.3 Å². The van der Waals surface area contributed by atoms with Gasteiger partial charge in [0.2, 0.25) is 5.91 Å². The number of hydrogen-bond donors (Lipinski definition) is 2. The van der Waals surface area contributed by atoms with Crippen molar-refractivity contribution in [1.82, 2.24) is 0 Å². The van der Waals surface area contributed by atoms with Crippen molar-refractivity contribution in [3.8, 4) is 0 Å². The summed E-state index contributed by atoms with van der Waals surface area (Å²) >= 11 is 1.67. The maximum atomic E-state index is 12.5. The fourth-order valence-electron chi connectivity index (χ4n) is 2.74. The highest BCUT2D eigenvalue weighted by atomic mass is 35.5. The lowest BCUT2D eigenvalue weighted by Crippen LogP contribution is -2.74. The molecule has 1 aromatic rings. The summed E-state index contributed by atoms with van der Waals surface area (Å²) in [5, 5.41) is 2.93. The van der Waals surface area contributed by atoms with Crippen LogP contribution in [0.2, 0.25) is 0 Å². The SMILES string of the molecule is CCOC1CC(N)(C(=O)Nc2ccc(SC)cc2)C1(C)C.Cl. The molecule has 0 bridgehead atoms. The van der Waals surface area contributed by atoms with Gasteiger partial charge in [0.15, 0.2) is 0 Å². The van der Waals surface area contributed by atoms with Crippen LogP contribution < -0.4 is 11.1 Å². The largest absolute Gasteiger partial charge is 0.378 e. The lowest BCUT2D eigenvalue weighted by molar-refractivity contribution is -0.166. The number of carbonyl (C=O) groups is 1. The van der Waals surface area contributed by atoms with E-state index in [2.05, 4.69) is 5.32 Å². The van der Waals surface area contributed by atoms with Crippen LogP contribution in [0.5, 0.6) is 0 Å². The maximum absolute atomic E-state index is 12.5. The van der Waals surface area contributed by atoms with Crippen LogP contribution in [0.4, 0.5) is 5.69 Å². The molecule has 22 heavy (non-hydrogen) atoms. The third-order valence-corrected chi connectivity index (χ3v) is 5.33. The van der Waals surface area contributed by atoms with Gasteiger partial charge in [-0.1, -0.05) is 13.8 Å². The molecule has 6 heteroatoms. The normalized spacial score (nSPS) is 25.8. The summed E-state index contributed by atoms with van der Waals surface area (Å²) in [6, 6.07) is 7.77. The molecule has 2 atom stereocenters. The Hall–Kier alpha value is -0.750. The number of hydrogen-bond acceptors (Lipinski definition) is 4. The molecule has 1 fully saturated rings. The van der Waals surface area contributed by atoms with E-state index in [1.54, 1.807) is 11.8 Å². The van der Waals surface area contributed by atoms with Gasteiger partial charge in [-0.2, -0.15) is 0 Å². The van der Waals surface area contributed by atoms with Gasteiger partial charge in [0.1, 0.15) is 5.54 Å². The van der Waals surface area contributed by atoms with Crippen LogP contribution in [-0.4, -0.2) is 30.4 Å². The molecule has 0 heterocycles. The quantitative estimate of drug-likeness (QED) is 0.804. The van der Waals surface area contributed by atoms with E-state index in [0.29, 0.717) is 13.0 Å². The monoisotopic (exact) mass is 344 g/mol. The summed E-state index contributed by atoms with van der Waals surface area (Å²) in [4.78, 5) is 13.7. The lowest BCUT2D eigenvalue weighted by atomic mass is 9.54. The highest BCUT2D eigenvalue weighted by molar-refractivity contribution is 7.98. The van der Waals surface area contributed by atoms with Crippen LogP contribution in [0, 0.1) is 5.41 Å². The topological polar surface area (TPSA) is 64.3 Å². The number of amides is 1. The molecule has 124 valence electrons. The number of anilines is 1. The third kappa shape index (κ3) is 3.27. The standard InChI is InChI=1S/C16H24N2O2S.ClH/c1-5-20-13-10-16(17,15(13,2)3)14(19)18-11-6-8-12(21-4)9-7-11;/h6-9,13H,5,10,17H2,1-4H3,(H,18,19);1H. The summed E-state index contributed by atoms with van der Waals surface area (Å²) in [5.41, 5.74) is 5.88. The molecule has 1 aliphatic rings. The molecule has 1 aliphatic carbocycles. The van der Waals surface area contributed by atoms with Gasteiger partial charge in [-0.05, 0) is 37.4 Å². The molecular weight excluding hydrogens is 320 g/mol. The summed E-state index contributed by atoms with van der Waals surface area (Å²) in [7, 11) is 0. The Morgan fingerprint density at radius 3 is 2.45 bits per heavy atom.